The highest BCUT2D eigenvalue weighted by Gasteiger charge is 2.12. The van der Waals surface area contributed by atoms with Gasteiger partial charge < -0.3 is 25.6 Å². The molecule has 0 radical (unpaired) electrons. The normalized spacial score (nSPS) is 11.0. The van der Waals surface area contributed by atoms with Gasteiger partial charge in [-0.15, -0.1) is 0 Å². The van der Waals surface area contributed by atoms with Gasteiger partial charge in [0.2, 0.25) is 0 Å². The molecule has 4 aromatic rings. The van der Waals surface area contributed by atoms with Crippen LogP contribution in [-0.4, -0.2) is 10.9 Å². The first-order valence-electron chi connectivity index (χ1n) is 8.44. The van der Waals surface area contributed by atoms with Crippen LogP contribution < -0.4 is 16.8 Å². The second kappa shape index (κ2) is 6.87. The van der Waals surface area contributed by atoms with Gasteiger partial charge in [-0.3, -0.25) is 4.79 Å². The standard InChI is InChI=1S/C20H18N4O3/c21-18-8-7-16(19(22)24-18)20(25)23-11-14-6-5-13(26-14)10-15-9-12-3-1-2-4-17(12)27-15/h1-9H,10-11H2,(H,23,25)(H4,21,22,24). The predicted molar refractivity (Wildman–Crippen MR) is 102 cm³/mol. The van der Waals surface area contributed by atoms with Gasteiger partial charge in [0.1, 0.15) is 34.5 Å². The van der Waals surface area contributed by atoms with Crippen LogP contribution in [0.3, 0.4) is 0 Å². The number of amides is 1. The third-order valence-corrected chi connectivity index (χ3v) is 4.16. The molecule has 7 nitrogen and oxygen atoms in total. The van der Waals surface area contributed by atoms with Crippen molar-refractivity contribution in [3.63, 3.8) is 0 Å². The van der Waals surface area contributed by atoms with Crippen molar-refractivity contribution in [2.24, 2.45) is 0 Å². The third kappa shape index (κ3) is 3.62. The van der Waals surface area contributed by atoms with E-state index >= 15 is 0 Å². The number of fused-ring (bicyclic) bond motifs is 1. The largest absolute Gasteiger partial charge is 0.464 e. The lowest BCUT2D eigenvalue weighted by Crippen LogP contribution is -2.24. The molecule has 0 aliphatic rings. The van der Waals surface area contributed by atoms with Gasteiger partial charge in [0.15, 0.2) is 0 Å². The number of pyridine rings is 1. The van der Waals surface area contributed by atoms with Gasteiger partial charge >= 0.3 is 0 Å². The smallest absolute Gasteiger partial charge is 0.255 e. The number of para-hydroxylation sites is 1. The van der Waals surface area contributed by atoms with Gasteiger partial charge in [0.05, 0.1) is 18.5 Å². The van der Waals surface area contributed by atoms with Gasteiger partial charge in [-0.1, -0.05) is 18.2 Å². The summed E-state index contributed by atoms with van der Waals surface area (Å²) >= 11 is 0. The van der Waals surface area contributed by atoms with Crippen LogP contribution in [0, 0.1) is 0 Å². The van der Waals surface area contributed by atoms with E-state index in [1.54, 1.807) is 6.07 Å². The van der Waals surface area contributed by atoms with E-state index in [-0.39, 0.29) is 29.7 Å². The highest BCUT2D eigenvalue weighted by atomic mass is 16.4. The summed E-state index contributed by atoms with van der Waals surface area (Å²) in [5.74, 6) is 2.24. The molecule has 0 unspecified atom stereocenters. The summed E-state index contributed by atoms with van der Waals surface area (Å²) in [6.45, 7) is 0.239. The minimum atomic E-state index is -0.338. The summed E-state index contributed by atoms with van der Waals surface area (Å²) in [7, 11) is 0. The van der Waals surface area contributed by atoms with Crippen molar-refractivity contribution in [2.45, 2.75) is 13.0 Å². The number of nitrogens with zero attached hydrogens (tertiary/aromatic N) is 1. The Balaban J connectivity index is 1.39. The minimum absolute atomic E-state index is 0.0949. The number of furan rings is 2. The first-order valence-corrected chi connectivity index (χ1v) is 8.44. The molecule has 5 N–H and O–H groups in total. The molecule has 4 rings (SSSR count). The van der Waals surface area contributed by atoms with Crippen LogP contribution in [0.1, 0.15) is 27.6 Å². The molecule has 27 heavy (non-hydrogen) atoms. The van der Waals surface area contributed by atoms with Gasteiger partial charge in [0.25, 0.3) is 5.91 Å². The Hall–Kier alpha value is -3.74. The molecule has 0 aliphatic carbocycles. The molecule has 0 fully saturated rings. The molecule has 7 heteroatoms. The molecule has 0 atom stereocenters. The van der Waals surface area contributed by atoms with Crippen LogP contribution in [0.15, 0.2) is 63.4 Å². The number of benzene rings is 1. The number of hydrogen-bond acceptors (Lipinski definition) is 6. The van der Waals surface area contributed by atoms with Crippen molar-refractivity contribution in [3.8, 4) is 0 Å². The average Bonchev–Trinajstić information content (AvgIpc) is 3.26. The number of nitrogens with two attached hydrogens (primary N) is 2. The van der Waals surface area contributed by atoms with E-state index < -0.39 is 0 Å². The number of carbonyl (C=O) groups excluding carboxylic acids is 1. The lowest BCUT2D eigenvalue weighted by molar-refractivity contribution is 0.0948. The van der Waals surface area contributed by atoms with E-state index in [0.717, 1.165) is 22.5 Å². The summed E-state index contributed by atoms with van der Waals surface area (Å²) < 4.78 is 11.6. The molecule has 0 saturated heterocycles. The van der Waals surface area contributed by atoms with Gasteiger partial charge in [-0.2, -0.15) is 0 Å². The van der Waals surface area contributed by atoms with E-state index in [2.05, 4.69) is 10.3 Å². The fourth-order valence-electron chi connectivity index (χ4n) is 2.85. The SMILES string of the molecule is Nc1ccc(C(=O)NCc2ccc(Cc3cc4ccccc4o3)o2)c(N)n1. The quantitative estimate of drug-likeness (QED) is 0.502. The molecule has 0 spiro atoms. The Morgan fingerprint density at radius 2 is 1.78 bits per heavy atom. The molecule has 0 aliphatic heterocycles. The van der Waals surface area contributed by atoms with Crippen LogP contribution in [0.2, 0.25) is 0 Å². The number of carbonyl (C=O) groups is 1. The summed E-state index contributed by atoms with van der Waals surface area (Å²) in [6, 6.07) is 16.6. The van der Waals surface area contributed by atoms with Crippen molar-refractivity contribution in [3.05, 3.63) is 77.4 Å². The maximum atomic E-state index is 12.2. The maximum Gasteiger partial charge on any atom is 0.255 e. The lowest BCUT2D eigenvalue weighted by atomic mass is 10.2. The van der Waals surface area contributed by atoms with Crippen LogP contribution >= 0.6 is 0 Å². The number of hydrogen-bond donors (Lipinski definition) is 3. The molecule has 1 amide bonds. The lowest BCUT2D eigenvalue weighted by Gasteiger charge is -2.06. The zero-order valence-electron chi connectivity index (χ0n) is 14.4. The summed E-state index contributed by atoms with van der Waals surface area (Å²) in [6.07, 6.45) is 0.539. The van der Waals surface area contributed by atoms with Crippen LogP contribution in [-0.2, 0) is 13.0 Å². The summed E-state index contributed by atoms with van der Waals surface area (Å²) in [5, 5.41) is 3.81. The van der Waals surface area contributed by atoms with Crippen LogP contribution in [0.4, 0.5) is 11.6 Å². The minimum Gasteiger partial charge on any atom is -0.464 e. The van der Waals surface area contributed by atoms with Crippen molar-refractivity contribution >= 4 is 28.5 Å². The fourth-order valence-corrected chi connectivity index (χ4v) is 2.85. The molecule has 3 heterocycles. The Morgan fingerprint density at radius 3 is 2.59 bits per heavy atom. The predicted octanol–water partition coefficient (Wildman–Crippen LogP) is 3.11. The number of aromatic nitrogens is 1. The van der Waals surface area contributed by atoms with Crippen LogP contribution in [0.5, 0.6) is 0 Å². The first-order chi connectivity index (χ1) is 13.1. The molecular weight excluding hydrogens is 344 g/mol. The number of nitrogens with one attached hydrogen (secondary N) is 1. The molecule has 136 valence electrons. The zero-order valence-corrected chi connectivity index (χ0v) is 14.4. The zero-order chi connectivity index (χ0) is 18.8. The van der Waals surface area contributed by atoms with Crippen molar-refractivity contribution in [1.29, 1.82) is 0 Å². The monoisotopic (exact) mass is 362 g/mol. The third-order valence-electron chi connectivity index (χ3n) is 4.16. The van der Waals surface area contributed by atoms with Gasteiger partial charge in [-0.25, -0.2) is 4.98 Å². The fraction of sp³-hybridized carbons (Fsp3) is 0.100. The van der Waals surface area contributed by atoms with E-state index in [0.29, 0.717) is 12.2 Å². The van der Waals surface area contributed by atoms with Crippen molar-refractivity contribution < 1.29 is 13.6 Å². The van der Waals surface area contributed by atoms with Crippen LogP contribution in [0.25, 0.3) is 11.0 Å². The Kier molecular flexibility index (Phi) is 4.25. The van der Waals surface area contributed by atoms with Gasteiger partial charge in [0, 0.05) is 5.39 Å². The average molecular weight is 362 g/mol. The molecular formula is C20H18N4O3. The second-order valence-electron chi connectivity index (χ2n) is 6.15. The molecule has 3 aromatic heterocycles. The highest BCUT2D eigenvalue weighted by molar-refractivity contribution is 5.98. The molecule has 0 bridgehead atoms. The molecule has 1 aromatic carbocycles. The van der Waals surface area contributed by atoms with Crippen molar-refractivity contribution in [2.75, 3.05) is 11.5 Å². The first kappa shape index (κ1) is 16.7. The Labute approximate surface area is 155 Å². The summed E-state index contributed by atoms with van der Waals surface area (Å²) in [5.41, 5.74) is 12.4. The van der Waals surface area contributed by atoms with E-state index in [4.69, 9.17) is 20.3 Å². The Bertz CT molecular complexity index is 1080. The van der Waals surface area contributed by atoms with E-state index in [1.165, 1.54) is 6.07 Å². The topological polar surface area (TPSA) is 120 Å². The maximum absolute atomic E-state index is 12.2. The number of rotatable bonds is 5. The highest BCUT2D eigenvalue weighted by Crippen LogP contribution is 2.22. The Morgan fingerprint density at radius 1 is 0.963 bits per heavy atom. The van der Waals surface area contributed by atoms with Crippen molar-refractivity contribution in [1.82, 2.24) is 10.3 Å². The van der Waals surface area contributed by atoms with Gasteiger partial charge in [-0.05, 0) is 36.4 Å². The molecule has 0 saturated carbocycles. The number of nitrogen functional groups attached to an aromatic ring is 2. The summed E-state index contributed by atoms with van der Waals surface area (Å²) in [4.78, 5) is 16.1. The number of anilines is 2. The van der Waals surface area contributed by atoms with E-state index in [1.807, 2.05) is 42.5 Å². The second-order valence-corrected chi connectivity index (χ2v) is 6.15. The van der Waals surface area contributed by atoms with E-state index in [9.17, 15) is 4.79 Å².